The minimum absolute atomic E-state index is 0.102. The van der Waals surface area contributed by atoms with Gasteiger partial charge >= 0.3 is 12.0 Å². The van der Waals surface area contributed by atoms with E-state index < -0.39 is 12.0 Å². The number of aromatic nitrogens is 1. The third-order valence-corrected chi connectivity index (χ3v) is 5.52. The summed E-state index contributed by atoms with van der Waals surface area (Å²) in [5.74, 6) is 0.835. The first-order valence-electron chi connectivity index (χ1n) is 10.9. The summed E-state index contributed by atoms with van der Waals surface area (Å²) in [6.45, 7) is 0.432. The number of primary amides is 1. The Hall–Kier alpha value is -3.65. The molecule has 2 aromatic carbocycles. The number of methoxy groups -OCH3 is 1. The zero-order valence-electron chi connectivity index (χ0n) is 18.5. The highest BCUT2D eigenvalue weighted by Gasteiger charge is 2.21. The second-order valence-corrected chi connectivity index (χ2v) is 8.07. The van der Waals surface area contributed by atoms with Gasteiger partial charge < -0.3 is 25.3 Å². The van der Waals surface area contributed by atoms with E-state index in [-0.39, 0.29) is 18.0 Å². The number of ether oxygens (including phenoxy) is 3. The van der Waals surface area contributed by atoms with Crippen molar-refractivity contribution in [2.45, 2.75) is 25.7 Å². The first kappa shape index (κ1) is 22.5. The molecule has 0 radical (unpaired) electrons. The number of benzene rings is 2. The molecule has 0 aliphatic heterocycles. The monoisotopic (exact) mass is 449 g/mol. The van der Waals surface area contributed by atoms with Gasteiger partial charge in [-0.05, 0) is 47.7 Å². The van der Waals surface area contributed by atoms with Crippen molar-refractivity contribution < 1.29 is 23.8 Å². The van der Waals surface area contributed by atoms with Crippen LogP contribution in [0.5, 0.6) is 5.75 Å². The van der Waals surface area contributed by atoms with Crippen molar-refractivity contribution in [1.82, 2.24) is 4.98 Å². The fraction of sp³-hybridized carbons (Fsp3) is 0.320. The number of nitrogens with two attached hydrogens (primary N) is 1. The average Bonchev–Trinajstić information content (AvgIpc) is 3.64. The number of carbonyl (C=O) groups is 2. The smallest absolute Gasteiger partial charge is 0.341 e. The number of hydrogen-bond donors (Lipinski definition) is 2. The number of anilines is 1. The molecular weight excluding hydrogens is 422 g/mol. The van der Waals surface area contributed by atoms with Crippen LogP contribution < -0.4 is 15.8 Å². The molecule has 0 atom stereocenters. The molecule has 0 bridgehead atoms. The summed E-state index contributed by atoms with van der Waals surface area (Å²) in [5, 5.41) is 4.42. The van der Waals surface area contributed by atoms with Gasteiger partial charge in [0.25, 0.3) is 0 Å². The van der Waals surface area contributed by atoms with Crippen LogP contribution in [-0.4, -0.2) is 37.5 Å². The maximum atomic E-state index is 12.7. The van der Waals surface area contributed by atoms with E-state index in [2.05, 4.69) is 10.3 Å². The van der Waals surface area contributed by atoms with Crippen molar-refractivity contribution in [3.05, 3.63) is 54.2 Å². The number of hydrogen-bond acceptors (Lipinski definition) is 6. The predicted octanol–water partition coefficient (Wildman–Crippen LogP) is 4.72. The van der Waals surface area contributed by atoms with Gasteiger partial charge in [0, 0.05) is 18.9 Å². The summed E-state index contributed by atoms with van der Waals surface area (Å²) in [7, 11) is 1.55. The zero-order chi connectivity index (χ0) is 23.2. The molecule has 33 heavy (non-hydrogen) atoms. The van der Waals surface area contributed by atoms with E-state index >= 15 is 0 Å². The number of pyridine rings is 1. The molecular formula is C25H27N3O5. The summed E-state index contributed by atoms with van der Waals surface area (Å²) >= 11 is 0. The Kier molecular flexibility index (Phi) is 7.04. The van der Waals surface area contributed by atoms with Gasteiger partial charge in [-0.25, -0.2) is 9.59 Å². The fourth-order valence-corrected chi connectivity index (χ4v) is 3.73. The van der Waals surface area contributed by atoms with Crippen LogP contribution in [0.3, 0.4) is 0 Å². The molecule has 2 amide bonds. The summed E-state index contributed by atoms with van der Waals surface area (Å²) in [6.07, 6.45) is 5.81. The molecule has 4 rings (SSSR count). The average molecular weight is 450 g/mol. The summed E-state index contributed by atoms with van der Waals surface area (Å²) in [5.41, 5.74) is 7.07. The number of fused-ring (bicyclic) bond motifs is 1. The second kappa shape index (κ2) is 10.3. The first-order chi connectivity index (χ1) is 16.0. The Balaban J connectivity index is 1.65. The predicted molar refractivity (Wildman–Crippen MR) is 125 cm³/mol. The van der Waals surface area contributed by atoms with E-state index in [4.69, 9.17) is 19.9 Å². The van der Waals surface area contributed by atoms with Gasteiger partial charge in [0.05, 0.1) is 18.0 Å². The van der Waals surface area contributed by atoms with Crippen LogP contribution in [0.2, 0.25) is 0 Å². The quantitative estimate of drug-likeness (QED) is 0.263. The molecule has 3 N–H and O–H groups in total. The standard InChI is InChI=1S/C25H27N3O5/c1-31-15-33-18-11-17-6-2-3-7-19(17)20(12-18)22-13-23(28-25(26)30)21(14-27-22)24(29)32-10-4-5-16-8-9-16/h2-3,6-7,11-14,16H,4-5,8-10,15H2,1H3,(H3,26,27,28,30). The summed E-state index contributed by atoms with van der Waals surface area (Å²) in [4.78, 5) is 28.8. The highest BCUT2D eigenvalue weighted by atomic mass is 16.7. The Morgan fingerprint density at radius 3 is 2.76 bits per heavy atom. The lowest BCUT2D eigenvalue weighted by Gasteiger charge is -2.14. The highest BCUT2D eigenvalue weighted by molar-refractivity contribution is 6.02. The topological polar surface area (TPSA) is 113 Å². The number of amides is 2. The molecule has 1 heterocycles. The fourth-order valence-electron chi connectivity index (χ4n) is 3.73. The molecule has 1 saturated carbocycles. The molecule has 0 spiro atoms. The van der Waals surface area contributed by atoms with Gasteiger partial charge in [-0.1, -0.05) is 37.1 Å². The molecule has 8 heteroatoms. The lowest BCUT2D eigenvalue weighted by atomic mass is 10.00. The van der Waals surface area contributed by atoms with Crippen molar-refractivity contribution in [2.75, 3.05) is 25.8 Å². The van der Waals surface area contributed by atoms with E-state index in [0.717, 1.165) is 35.1 Å². The lowest BCUT2D eigenvalue weighted by Crippen LogP contribution is -2.22. The van der Waals surface area contributed by atoms with Crippen LogP contribution >= 0.6 is 0 Å². The van der Waals surface area contributed by atoms with Crippen LogP contribution in [0.1, 0.15) is 36.0 Å². The van der Waals surface area contributed by atoms with Crippen LogP contribution in [0.25, 0.3) is 22.0 Å². The van der Waals surface area contributed by atoms with E-state index in [1.807, 2.05) is 36.4 Å². The van der Waals surface area contributed by atoms with Crippen molar-refractivity contribution >= 4 is 28.5 Å². The van der Waals surface area contributed by atoms with E-state index in [0.29, 0.717) is 18.1 Å². The zero-order valence-corrected chi connectivity index (χ0v) is 18.5. The third kappa shape index (κ3) is 5.78. The van der Waals surface area contributed by atoms with Crippen molar-refractivity contribution in [2.24, 2.45) is 11.7 Å². The lowest BCUT2D eigenvalue weighted by molar-refractivity contribution is 0.0496. The van der Waals surface area contributed by atoms with Gasteiger partial charge in [0.2, 0.25) is 0 Å². The molecule has 1 aromatic heterocycles. The molecule has 8 nitrogen and oxygen atoms in total. The van der Waals surface area contributed by atoms with Gasteiger partial charge in [-0.3, -0.25) is 4.98 Å². The number of nitrogens with one attached hydrogen (secondary N) is 1. The SMILES string of the molecule is COCOc1cc(-c2cc(NC(N)=O)c(C(=O)OCCCC3CC3)cn2)c2ccccc2c1. The number of nitrogens with zero attached hydrogens (tertiary/aromatic N) is 1. The van der Waals surface area contributed by atoms with Crippen molar-refractivity contribution in [3.8, 4) is 17.0 Å². The molecule has 0 unspecified atom stereocenters. The normalized spacial score (nSPS) is 13.0. The second-order valence-electron chi connectivity index (χ2n) is 8.07. The molecule has 172 valence electrons. The number of esters is 1. The molecule has 1 fully saturated rings. The number of carbonyl (C=O) groups excluding carboxylic acids is 2. The molecule has 1 aliphatic carbocycles. The first-order valence-corrected chi connectivity index (χ1v) is 10.9. The van der Waals surface area contributed by atoms with Gasteiger partial charge in [-0.15, -0.1) is 0 Å². The van der Waals surface area contributed by atoms with E-state index in [1.54, 1.807) is 13.2 Å². The van der Waals surface area contributed by atoms with E-state index in [9.17, 15) is 9.59 Å². The number of urea groups is 1. The van der Waals surface area contributed by atoms with Gasteiger partial charge in [-0.2, -0.15) is 0 Å². The minimum atomic E-state index is -0.781. The van der Waals surface area contributed by atoms with Gasteiger partial charge in [0.15, 0.2) is 6.79 Å². The largest absolute Gasteiger partial charge is 0.468 e. The minimum Gasteiger partial charge on any atom is -0.468 e. The Bertz CT molecular complexity index is 1160. The van der Waals surface area contributed by atoms with Crippen LogP contribution in [-0.2, 0) is 9.47 Å². The summed E-state index contributed by atoms with van der Waals surface area (Å²) < 4.78 is 16.1. The maximum Gasteiger partial charge on any atom is 0.341 e. The molecule has 0 saturated heterocycles. The Morgan fingerprint density at radius 2 is 2.00 bits per heavy atom. The van der Waals surface area contributed by atoms with Crippen molar-refractivity contribution in [3.63, 3.8) is 0 Å². The molecule has 1 aliphatic rings. The third-order valence-electron chi connectivity index (χ3n) is 5.52. The van der Waals surface area contributed by atoms with Crippen LogP contribution in [0, 0.1) is 5.92 Å². The van der Waals surface area contributed by atoms with Crippen LogP contribution in [0.15, 0.2) is 48.7 Å². The Labute approximate surface area is 192 Å². The van der Waals surface area contributed by atoms with Gasteiger partial charge in [0.1, 0.15) is 11.3 Å². The van der Waals surface area contributed by atoms with E-state index in [1.165, 1.54) is 19.0 Å². The van der Waals surface area contributed by atoms with Crippen molar-refractivity contribution in [1.29, 1.82) is 0 Å². The molecule has 3 aromatic rings. The number of rotatable bonds is 10. The van der Waals surface area contributed by atoms with Crippen LogP contribution in [0.4, 0.5) is 10.5 Å². The summed E-state index contributed by atoms with van der Waals surface area (Å²) in [6, 6.07) is 12.4. The Morgan fingerprint density at radius 1 is 1.18 bits per heavy atom. The maximum absolute atomic E-state index is 12.7. The highest BCUT2D eigenvalue weighted by Crippen LogP contribution is 2.35.